The van der Waals surface area contributed by atoms with Crippen LogP contribution in [0, 0.1) is 6.92 Å². The van der Waals surface area contributed by atoms with Gasteiger partial charge in [0, 0.05) is 10.7 Å². The van der Waals surface area contributed by atoms with Crippen LogP contribution in [-0.4, -0.2) is 10.9 Å². The lowest BCUT2D eigenvalue weighted by atomic mass is 10.1. The average Bonchev–Trinajstić information content (AvgIpc) is 2.61. The van der Waals surface area contributed by atoms with Crippen molar-refractivity contribution in [3.63, 3.8) is 0 Å². The van der Waals surface area contributed by atoms with Crippen LogP contribution < -0.4 is 10.6 Å². The fourth-order valence-corrected chi connectivity index (χ4v) is 2.57. The Bertz CT molecular complexity index is 864. The van der Waals surface area contributed by atoms with Gasteiger partial charge in [-0.15, -0.1) is 0 Å². The van der Waals surface area contributed by atoms with E-state index in [4.69, 9.17) is 11.6 Å². The minimum absolute atomic E-state index is 0.0925. The quantitative estimate of drug-likeness (QED) is 0.682. The summed E-state index contributed by atoms with van der Waals surface area (Å²) in [5.74, 6) is 0.430. The molecule has 3 aromatic rings. The molecule has 0 saturated heterocycles. The first-order chi connectivity index (χ1) is 12.1. The highest BCUT2D eigenvalue weighted by Gasteiger charge is 2.05. The first-order valence-corrected chi connectivity index (χ1v) is 8.31. The number of halogens is 1. The van der Waals surface area contributed by atoms with Gasteiger partial charge in [0.15, 0.2) is 0 Å². The molecule has 0 radical (unpaired) electrons. The lowest BCUT2D eigenvalue weighted by Crippen LogP contribution is -2.15. The minimum Gasteiger partial charge on any atom is -0.354 e. The summed E-state index contributed by atoms with van der Waals surface area (Å²) in [4.78, 5) is 16.3. The topological polar surface area (TPSA) is 54.0 Å². The summed E-state index contributed by atoms with van der Waals surface area (Å²) in [6, 6.07) is 18.9. The molecular formula is C20H18ClN3O. The number of rotatable bonds is 5. The smallest absolute Gasteiger partial charge is 0.229 e. The molecule has 0 unspecified atom stereocenters. The minimum atomic E-state index is -0.0925. The first kappa shape index (κ1) is 17.0. The number of aromatic nitrogens is 1. The summed E-state index contributed by atoms with van der Waals surface area (Å²) in [5.41, 5.74) is 3.81. The zero-order valence-corrected chi connectivity index (χ0v) is 14.5. The highest BCUT2D eigenvalue weighted by atomic mass is 35.5. The molecule has 2 aromatic carbocycles. The largest absolute Gasteiger partial charge is 0.354 e. The monoisotopic (exact) mass is 351 g/mol. The van der Waals surface area contributed by atoms with E-state index in [2.05, 4.69) is 15.6 Å². The van der Waals surface area contributed by atoms with E-state index in [1.807, 2.05) is 61.5 Å². The lowest BCUT2D eigenvalue weighted by Gasteiger charge is -2.10. The summed E-state index contributed by atoms with van der Waals surface area (Å²) in [6.45, 7) is 2.00. The van der Waals surface area contributed by atoms with Crippen LogP contribution in [0.15, 0.2) is 66.9 Å². The standard InChI is InChI=1S/C20H18ClN3O/c1-14-7-8-16(21)12-18(14)23-17-9-10-19(22-13-17)24-20(25)11-15-5-3-2-4-6-15/h2-10,12-13,23H,11H2,1H3,(H,22,24,25). The van der Waals surface area contributed by atoms with Gasteiger partial charge in [-0.05, 0) is 42.3 Å². The van der Waals surface area contributed by atoms with Crippen molar-refractivity contribution >= 4 is 34.7 Å². The fourth-order valence-electron chi connectivity index (χ4n) is 2.39. The van der Waals surface area contributed by atoms with Gasteiger partial charge in [0.1, 0.15) is 5.82 Å². The molecule has 1 heterocycles. The van der Waals surface area contributed by atoms with Crippen molar-refractivity contribution in [1.82, 2.24) is 4.98 Å². The number of nitrogens with one attached hydrogen (secondary N) is 2. The Hall–Kier alpha value is -2.85. The number of nitrogens with zero attached hydrogens (tertiary/aromatic N) is 1. The number of anilines is 3. The van der Waals surface area contributed by atoms with E-state index in [-0.39, 0.29) is 5.91 Å². The zero-order valence-electron chi connectivity index (χ0n) is 13.8. The lowest BCUT2D eigenvalue weighted by molar-refractivity contribution is -0.115. The second-order valence-electron chi connectivity index (χ2n) is 5.73. The van der Waals surface area contributed by atoms with E-state index in [0.717, 1.165) is 22.5 Å². The molecule has 0 spiro atoms. The molecule has 0 aliphatic heterocycles. The Kier molecular flexibility index (Phi) is 5.31. The second kappa shape index (κ2) is 7.81. The van der Waals surface area contributed by atoms with Crippen molar-refractivity contribution in [3.8, 4) is 0 Å². The number of benzene rings is 2. The molecule has 0 aliphatic rings. The Morgan fingerprint density at radius 3 is 2.60 bits per heavy atom. The van der Waals surface area contributed by atoms with Crippen LogP contribution in [0.2, 0.25) is 5.02 Å². The maximum Gasteiger partial charge on any atom is 0.229 e. The van der Waals surface area contributed by atoms with Gasteiger partial charge in [-0.1, -0.05) is 48.0 Å². The molecule has 0 bridgehead atoms. The van der Waals surface area contributed by atoms with Crippen molar-refractivity contribution in [2.75, 3.05) is 10.6 Å². The number of aryl methyl sites for hydroxylation is 1. The SMILES string of the molecule is Cc1ccc(Cl)cc1Nc1ccc(NC(=O)Cc2ccccc2)nc1. The van der Waals surface area contributed by atoms with E-state index in [9.17, 15) is 4.79 Å². The van der Waals surface area contributed by atoms with Crippen LogP contribution in [0.25, 0.3) is 0 Å². The summed E-state index contributed by atoms with van der Waals surface area (Å²) in [7, 11) is 0. The summed E-state index contributed by atoms with van der Waals surface area (Å²) in [6.07, 6.45) is 2.00. The number of carbonyl (C=O) groups is 1. The second-order valence-corrected chi connectivity index (χ2v) is 6.16. The molecule has 1 aromatic heterocycles. The molecule has 4 nitrogen and oxygen atoms in total. The van der Waals surface area contributed by atoms with Gasteiger partial charge in [0.2, 0.25) is 5.91 Å². The summed E-state index contributed by atoms with van der Waals surface area (Å²) < 4.78 is 0. The average molecular weight is 352 g/mol. The Morgan fingerprint density at radius 2 is 1.88 bits per heavy atom. The van der Waals surface area contributed by atoms with Crippen LogP contribution >= 0.6 is 11.6 Å². The maximum absolute atomic E-state index is 12.1. The van der Waals surface area contributed by atoms with Crippen molar-refractivity contribution < 1.29 is 4.79 Å². The third-order valence-corrected chi connectivity index (χ3v) is 3.95. The normalized spacial score (nSPS) is 10.3. The van der Waals surface area contributed by atoms with E-state index in [1.165, 1.54) is 0 Å². The predicted octanol–water partition coefficient (Wildman–Crippen LogP) is 4.97. The molecular weight excluding hydrogens is 334 g/mol. The Balaban J connectivity index is 1.62. The van der Waals surface area contributed by atoms with E-state index < -0.39 is 0 Å². The molecule has 5 heteroatoms. The van der Waals surface area contributed by atoms with Crippen molar-refractivity contribution in [1.29, 1.82) is 0 Å². The van der Waals surface area contributed by atoms with Crippen molar-refractivity contribution in [2.45, 2.75) is 13.3 Å². The van der Waals surface area contributed by atoms with Crippen LogP contribution in [-0.2, 0) is 11.2 Å². The van der Waals surface area contributed by atoms with Crippen LogP contribution in [0.5, 0.6) is 0 Å². The molecule has 0 saturated carbocycles. The van der Waals surface area contributed by atoms with E-state index in [1.54, 1.807) is 12.3 Å². The fraction of sp³-hybridized carbons (Fsp3) is 0.100. The van der Waals surface area contributed by atoms with Crippen LogP contribution in [0.4, 0.5) is 17.2 Å². The number of hydrogen-bond donors (Lipinski definition) is 2. The number of pyridine rings is 1. The number of carbonyl (C=O) groups excluding carboxylic acids is 1. The van der Waals surface area contributed by atoms with Gasteiger partial charge in [-0.3, -0.25) is 4.79 Å². The summed E-state index contributed by atoms with van der Waals surface area (Å²) >= 11 is 6.03. The molecule has 25 heavy (non-hydrogen) atoms. The third kappa shape index (κ3) is 4.81. The Morgan fingerprint density at radius 1 is 1.08 bits per heavy atom. The molecule has 0 fully saturated rings. The van der Waals surface area contributed by atoms with Gasteiger partial charge < -0.3 is 10.6 Å². The third-order valence-electron chi connectivity index (χ3n) is 3.72. The van der Waals surface area contributed by atoms with Gasteiger partial charge in [-0.25, -0.2) is 4.98 Å². The molecule has 3 rings (SSSR count). The Labute approximate surface area is 151 Å². The highest BCUT2D eigenvalue weighted by Crippen LogP contribution is 2.24. The number of amides is 1. The maximum atomic E-state index is 12.1. The van der Waals surface area contributed by atoms with Crippen LogP contribution in [0.3, 0.4) is 0 Å². The molecule has 126 valence electrons. The molecule has 0 atom stereocenters. The number of hydrogen-bond acceptors (Lipinski definition) is 3. The molecule has 1 amide bonds. The van der Waals surface area contributed by atoms with Gasteiger partial charge in [0.05, 0.1) is 18.3 Å². The van der Waals surface area contributed by atoms with Gasteiger partial charge in [0.25, 0.3) is 0 Å². The summed E-state index contributed by atoms with van der Waals surface area (Å²) in [5, 5.41) is 6.75. The van der Waals surface area contributed by atoms with Crippen molar-refractivity contribution in [3.05, 3.63) is 83.0 Å². The van der Waals surface area contributed by atoms with E-state index >= 15 is 0 Å². The predicted molar refractivity (Wildman–Crippen MR) is 102 cm³/mol. The zero-order chi connectivity index (χ0) is 17.6. The van der Waals surface area contributed by atoms with E-state index in [0.29, 0.717) is 17.3 Å². The highest BCUT2D eigenvalue weighted by molar-refractivity contribution is 6.30. The molecule has 0 aliphatic carbocycles. The van der Waals surface area contributed by atoms with Crippen LogP contribution in [0.1, 0.15) is 11.1 Å². The van der Waals surface area contributed by atoms with Crippen molar-refractivity contribution in [2.24, 2.45) is 0 Å². The van der Waals surface area contributed by atoms with Gasteiger partial charge >= 0.3 is 0 Å². The van der Waals surface area contributed by atoms with Gasteiger partial charge in [-0.2, -0.15) is 0 Å². The first-order valence-electron chi connectivity index (χ1n) is 7.93. The molecule has 2 N–H and O–H groups in total.